The Morgan fingerprint density at radius 1 is 1.10 bits per heavy atom. The van der Waals surface area contributed by atoms with Crippen molar-refractivity contribution in [3.8, 4) is 0 Å². The van der Waals surface area contributed by atoms with Gasteiger partial charge in [0, 0.05) is 5.69 Å². The fourth-order valence-corrected chi connectivity index (χ4v) is 2.68. The van der Waals surface area contributed by atoms with E-state index in [0.717, 1.165) is 4.90 Å². The number of imide groups is 1. The molecule has 1 aliphatic heterocycles. The number of fused-ring (bicyclic) bond motifs is 1. The van der Waals surface area contributed by atoms with Crippen LogP contribution in [-0.2, 0) is 6.54 Å². The van der Waals surface area contributed by atoms with Crippen LogP contribution in [0.4, 0.5) is 10.1 Å². The second kappa shape index (κ2) is 4.96. The Kier molecular flexibility index (Phi) is 3.25. The molecule has 4 nitrogen and oxygen atoms in total. The van der Waals surface area contributed by atoms with Crippen LogP contribution in [0.15, 0.2) is 40.9 Å². The van der Waals surface area contributed by atoms with Crippen molar-refractivity contribution in [3.63, 3.8) is 0 Å². The highest BCUT2D eigenvalue weighted by atomic mass is 79.9. The first-order valence-corrected chi connectivity index (χ1v) is 6.97. The third kappa shape index (κ3) is 2.21. The Balaban J connectivity index is 1.97. The van der Waals surface area contributed by atoms with E-state index in [2.05, 4.69) is 15.9 Å². The minimum atomic E-state index is -0.437. The van der Waals surface area contributed by atoms with Gasteiger partial charge in [0.1, 0.15) is 5.82 Å². The summed E-state index contributed by atoms with van der Waals surface area (Å²) in [6, 6.07) is 9.08. The summed E-state index contributed by atoms with van der Waals surface area (Å²) in [5, 5.41) is 0. The summed E-state index contributed by atoms with van der Waals surface area (Å²) >= 11 is 3.13. The lowest BCUT2D eigenvalue weighted by molar-refractivity contribution is 0.0642. The van der Waals surface area contributed by atoms with E-state index in [4.69, 9.17) is 5.73 Å². The number of amides is 2. The van der Waals surface area contributed by atoms with Crippen molar-refractivity contribution in [1.29, 1.82) is 0 Å². The average molecular weight is 349 g/mol. The topological polar surface area (TPSA) is 63.4 Å². The third-order valence-corrected chi connectivity index (χ3v) is 4.24. The van der Waals surface area contributed by atoms with Gasteiger partial charge in [-0.15, -0.1) is 0 Å². The predicted octanol–water partition coefficient (Wildman–Crippen LogP) is 2.97. The molecule has 1 heterocycles. The summed E-state index contributed by atoms with van der Waals surface area (Å²) < 4.78 is 13.8. The number of hydrogen-bond acceptors (Lipinski definition) is 3. The first-order valence-electron chi connectivity index (χ1n) is 6.17. The lowest BCUT2D eigenvalue weighted by atomic mass is 10.1. The van der Waals surface area contributed by atoms with Crippen molar-refractivity contribution in [3.05, 3.63) is 63.4 Å². The number of nitrogen functional groups attached to an aromatic ring is 1. The maximum atomic E-state index is 13.5. The molecule has 106 valence electrons. The summed E-state index contributed by atoms with van der Waals surface area (Å²) in [5.41, 5.74) is 7.19. The normalized spacial score (nSPS) is 13.7. The van der Waals surface area contributed by atoms with Crippen molar-refractivity contribution >= 4 is 33.4 Å². The Bertz CT molecular complexity index is 776. The molecule has 0 fully saturated rings. The van der Waals surface area contributed by atoms with Gasteiger partial charge in [-0.1, -0.05) is 12.1 Å². The number of carbonyl (C=O) groups excluding carboxylic acids is 2. The standard InChI is InChI=1S/C15H10BrFN2O2/c16-13-8(2-1-3-12(13)17)7-19-14(20)10-5-4-9(18)6-11(10)15(19)21/h1-6H,7,18H2. The van der Waals surface area contributed by atoms with Crippen LogP contribution in [0.1, 0.15) is 26.3 Å². The number of carbonyl (C=O) groups is 2. The molecule has 2 amide bonds. The first kappa shape index (κ1) is 13.8. The molecular formula is C15H10BrFN2O2. The van der Waals surface area contributed by atoms with E-state index in [1.54, 1.807) is 12.1 Å². The lowest BCUT2D eigenvalue weighted by Gasteiger charge is -2.15. The molecule has 0 unspecified atom stereocenters. The van der Waals surface area contributed by atoms with E-state index in [1.807, 2.05) is 0 Å². The quantitative estimate of drug-likeness (QED) is 0.670. The Hall–Kier alpha value is -2.21. The zero-order chi connectivity index (χ0) is 15.1. The number of rotatable bonds is 2. The van der Waals surface area contributed by atoms with Gasteiger partial charge in [0.05, 0.1) is 22.1 Å². The van der Waals surface area contributed by atoms with Crippen molar-refractivity contribution in [2.45, 2.75) is 6.54 Å². The van der Waals surface area contributed by atoms with Gasteiger partial charge in [0.25, 0.3) is 11.8 Å². The Morgan fingerprint density at radius 2 is 1.81 bits per heavy atom. The molecule has 6 heteroatoms. The molecule has 0 aliphatic carbocycles. The Labute approximate surface area is 128 Å². The van der Waals surface area contributed by atoms with Gasteiger partial charge in [-0.2, -0.15) is 0 Å². The predicted molar refractivity (Wildman–Crippen MR) is 79.2 cm³/mol. The largest absolute Gasteiger partial charge is 0.399 e. The number of benzene rings is 2. The van der Waals surface area contributed by atoms with Gasteiger partial charge in [0.15, 0.2) is 0 Å². The third-order valence-electron chi connectivity index (χ3n) is 3.35. The molecule has 0 spiro atoms. The van der Waals surface area contributed by atoms with Crippen LogP contribution in [0.5, 0.6) is 0 Å². The van der Waals surface area contributed by atoms with Gasteiger partial charge in [-0.3, -0.25) is 14.5 Å². The summed E-state index contributed by atoms with van der Waals surface area (Å²) in [6.45, 7) is 0.00456. The monoisotopic (exact) mass is 348 g/mol. The molecule has 0 saturated carbocycles. The van der Waals surface area contributed by atoms with Crippen LogP contribution in [0.3, 0.4) is 0 Å². The van der Waals surface area contributed by atoms with E-state index in [9.17, 15) is 14.0 Å². The Morgan fingerprint density at radius 3 is 2.57 bits per heavy atom. The van der Waals surface area contributed by atoms with E-state index in [0.29, 0.717) is 16.8 Å². The smallest absolute Gasteiger partial charge is 0.261 e. The van der Waals surface area contributed by atoms with Crippen LogP contribution in [0.2, 0.25) is 0 Å². The minimum Gasteiger partial charge on any atom is -0.399 e. The molecule has 2 N–H and O–H groups in total. The molecule has 0 radical (unpaired) electrons. The summed E-state index contributed by atoms with van der Waals surface area (Å²) in [7, 11) is 0. The van der Waals surface area contributed by atoms with Crippen LogP contribution in [0, 0.1) is 5.82 Å². The number of nitrogens with two attached hydrogens (primary N) is 1. The summed E-state index contributed by atoms with van der Waals surface area (Å²) in [4.78, 5) is 25.7. The number of nitrogens with zero attached hydrogens (tertiary/aromatic N) is 1. The van der Waals surface area contributed by atoms with Gasteiger partial charge in [0.2, 0.25) is 0 Å². The molecular weight excluding hydrogens is 339 g/mol. The van der Waals surface area contributed by atoms with Gasteiger partial charge >= 0.3 is 0 Å². The minimum absolute atomic E-state index is 0.00456. The van der Waals surface area contributed by atoms with Crippen molar-refractivity contribution in [2.24, 2.45) is 0 Å². The SMILES string of the molecule is Nc1ccc2c(c1)C(=O)N(Cc1cccc(F)c1Br)C2=O. The molecule has 2 aromatic rings. The lowest BCUT2D eigenvalue weighted by Crippen LogP contribution is -2.29. The maximum Gasteiger partial charge on any atom is 0.261 e. The molecule has 0 aromatic heterocycles. The first-order chi connectivity index (χ1) is 9.99. The maximum absolute atomic E-state index is 13.5. The van der Waals surface area contributed by atoms with E-state index in [-0.39, 0.29) is 16.6 Å². The molecule has 1 aliphatic rings. The fourth-order valence-electron chi connectivity index (χ4n) is 2.29. The second-order valence-corrected chi connectivity index (χ2v) is 5.51. The van der Waals surface area contributed by atoms with Gasteiger partial charge in [-0.05, 0) is 45.8 Å². The van der Waals surface area contributed by atoms with E-state index in [1.165, 1.54) is 24.3 Å². The van der Waals surface area contributed by atoms with E-state index < -0.39 is 17.6 Å². The zero-order valence-electron chi connectivity index (χ0n) is 10.8. The molecule has 0 atom stereocenters. The average Bonchev–Trinajstić information content (AvgIpc) is 2.68. The summed E-state index contributed by atoms with van der Waals surface area (Å²) in [5.74, 6) is -1.25. The highest BCUT2D eigenvalue weighted by molar-refractivity contribution is 9.10. The molecule has 3 rings (SSSR count). The molecule has 2 aromatic carbocycles. The molecule has 0 saturated heterocycles. The van der Waals surface area contributed by atoms with Crippen molar-refractivity contribution < 1.29 is 14.0 Å². The zero-order valence-corrected chi connectivity index (χ0v) is 12.4. The number of anilines is 1. The molecule has 0 bridgehead atoms. The number of halogens is 2. The van der Waals surface area contributed by atoms with Crippen LogP contribution < -0.4 is 5.73 Å². The van der Waals surface area contributed by atoms with Crippen LogP contribution in [-0.4, -0.2) is 16.7 Å². The van der Waals surface area contributed by atoms with Crippen molar-refractivity contribution in [2.75, 3.05) is 5.73 Å². The van der Waals surface area contributed by atoms with Crippen molar-refractivity contribution in [1.82, 2.24) is 4.90 Å². The van der Waals surface area contributed by atoms with Gasteiger partial charge in [-0.25, -0.2) is 4.39 Å². The highest BCUT2D eigenvalue weighted by Crippen LogP contribution is 2.28. The number of hydrogen-bond donors (Lipinski definition) is 1. The highest BCUT2D eigenvalue weighted by Gasteiger charge is 2.35. The second-order valence-electron chi connectivity index (χ2n) is 4.71. The van der Waals surface area contributed by atoms with Crippen LogP contribution >= 0.6 is 15.9 Å². The fraction of sp³-hybridized carbons (Fsp3) is 0.0667. The van der Waals surface area contributed by atoms with E-state index >= 15 is 0 Å². The van der Waals surface area contributed by atoms with Gasteiger partial charge < -0.3 is 5.73 Å². The van der Waals surface area contributed by atoms with Crippen LogP contribution in [0.25, 0.3) is 0 Å². The summed E-state index contributed by atoms with van der Waals surface area (Å²) in [6.07, 6.45) is 0. The molecule has 21 heavy (non-hydrogen) atoms.